The van der Waals surface area contributed by atoms with Gasteiger partial charge in [-0.15, -0.1) is 22.7 Å². The monoisotopic (exact) mass is 844 g/mol. The quantitative estimate of drug-likeness (QED) is 0.0583. The fraction of sp³-hybridized carbons (Fsp3) is 0.286. The summed E-state index contributed by atoms with van der Waals surface area (Å²) in [6.45, 7) is 7.78. The molecule has 53 heavy (non-hydrogen) atoms. The van der Waals surface area contributed by atoms with Gasteiger partial charge in [0, 0.05) is 31.7 Å². The fourth-order valence-corrected chi connectivity index (χ4v) is 11.4. The number of amides is 1. The number of nitro groups is 1. The van der Waals surface area contributed by atoms with Gasteiger partial charge in [-0.05, 0) is 121 Å². The van der Waals surface area contributed by atoms with Gasteiger partial charge in [0.15, 0.2) is 5.66 Å². The van der Waals surface area contributed by atoms with Gasteiger partial charge in [-0.1, -0.05) is 23.2 Å². The summed E-state index contributed by atoms with van der Waals surface area (Å²) in [5.74, 6) is -1.67. The first-order valence-corrected chi connectivity index (χ1v) is 22.1. The first-order chi connectivity index (χ1) is 25.3. The SMILES string of the molecule is CCOP(=O)(Cc1csc2ccc(Cl)cc12)OCC.CCOP(=O)(OCC)C(C(=O)N/C=C/c1ccc([N+](=O)[O-])c(F)c1)c1csc2ccc(Cl)cc12. The van der Waals surface area contributed by atoms with Gasteiger partial charge in [0.05, 0.1) is 37.5 Å². The van der Waals surface area contributed by atoms with Gasteiger partial charge >= 0.3 is 20.9 Å². The molecule has 0 aliphatic rings. The van der Waals surface area contributed by atoms with Gasteiger partial charge < -0.3 is 23.4 Å². The summed E-state index contributed by atoms with van der Waals surface area (Å²) in [5.41, 5.74) is -0.255. The predicted molar refractivity (Wildman–Crippen MR) is 212 cm³/mol. The van der Waals surface area contributed by atoms with E-state index in [0.717, 1.165) is 32.5 Å². The topological polar surface area (TPSA) is 143 Å². The number of nitro benzene ring substituents is 1. The van der Waals surface area contributed by atoms with E-state index in [1.165, 1.54) is 29.7 Å². The van der Waals surface area contributed by atoms with Crippen LogP contribution in [0, 0.1) is 15.9 Å². The Morgan fingerprint density at radius 2 is 1.43 bits per heavy atom. The lowest BCUT2D eigenvalue weighted by Gasteiger charge is -2.25. The Bertz CT molecular complexity index is 2180. The van der Waals surface area contributed by atoms with Crippen LogP contribution < -0.4 is 5.32 Å². The number of carbonyl (C=O) groups excluding carboxylic acids is 1. The number of benzene rings is 3. The van der Waals surface area contributed by atoms with Crippen molar-refractivity contribution in [1.29, 1.82) is 0 Å². The summed E-state index contributed by atoms with van der Waals surface area (Å²) in [4.78, 5) is 23.2. The number of nitrogens with zero attached hydrogens (tertiary/aromatic N) is 1. The lowest BCUT2D eigenvalue weighted by Crippen LogP contribution is -2.26. The van der Waals surface area contributed by atoms with E-state index in [9.17, 15) is 28.4 Å². The van der Waals surface area contributed by atoms with Crippen LogP contribution in [0.5, 0.6) is 0 Å². The van der Waals surface area contributed by atoms with E-state index >= 15 is 0 Å². The maximum Gasteiger partial charge on any atom is 0.347 e. The molecule has 18 heteroatoms. The minimum Gasteiger partial charge on any atom is -0.332 e. The first-order valence-electron chi connectivity index (χ1n) is 16.3. The van der Waals surface area contributed by atoms with E-state index in [0.29, 0.717) is 34.2 Å². The third-order valence-corrected chi connectivity index (χ3v) is 14.2. The van der Waals surface area contributed by atoms with Crippen molar-refractivity contribution in [2.45, 2.75) is 39.5 Å². The molecule has 1 unspecified atom stereocenters. The molecular formula is C35H37Cl2FN2O9P2S2. The minimum absolute atomic E-state index is 0.0573. The van der Waals surface area contributed by atoms with Crippen molar-refractivity contribution < 1.29 is 41.3 Å². The second kappa shape index (κ2) is 19.5. The van der Waals surface area contributed by atoms with E-state index < -0.39 is 43.2 Å². The van der Waals surface area contributed by atoms with Crippen molar-refractivity contribution in [1.82, 2.24) is 5.32 Å². The molecule has 0 aliphatic carbocycles. The number of carbonyl (C=O) groups is 1. The first kappa shape index (κ1) is 42.7. The molecule has 1 amide bonds. The Hall–Kier alpha value is -3.00. The second-order valence-corrected chi connectivity index (χ2v) is 17.8. The molecule has 2 aromatic heterocycles. The number of rotatable bonds is 16. The van der Waals surface area contributed by atoms with Gasteiger partial charge in [-0.25, -0.2) is 0 Å². The third-order valence-electron chi connectivity index (χ3n) is 7.34. The highest BCUT2D eigenvalue weighted by atomic mass is 35.5. The maximum absolute atomic E-state index is 13.9. The van der Waals surface area contributed by atoms with Crippen LogP contribution in [0.1, 0.15) is 50.0 Å². The van der Waals surface area contributed by atoms with Crippen LogP contribution in [0.4, 0.5) is 10.1 Å². The highest BCUT2D eigenvalue weighted by molar-refractivity contribution is 7.55. The van der Waals surface area contributed by atoms with Gasteiger partial charge in [-0.3, -0.25) is 24.0 Å². The molecule has 284 valence electrons. The predicted octanol–water partition coefficient (Wildman–Crippen LogP) is 12.0. The lowest BCUT2D eigenvalue weighted by atomic mass is 10.1. The van der Waals surface area contributed by atoms with Gasteiger partial charge in [0.1, 0.15) is 0 Å². The average Bonchev–Trinajstić information content (AvgIpc) is 3.68. The third kappa shape index (κ3) is 11.0. The van der Waals surface area contributed by atoms with Crippen molar-refractivity contribution in [3.63, 3.8) is 0 Å². The molecule has 5 aromatic rings. The Morgan fingerprint density at radius 3 is 2.00 bits per heavy atom. The Kier molecular flexibility index (Phi) is 15.8. The van der Waals surface area contributed by atoms with Crippen molar-refractivity contribution in [3.8, 4) is 0 Å². The summed E-state index contributed by atoms with van der Waals surface area (Å²) in [5, 5.41) is 19.8. The van der Waals surface area contributed by atoms with Crippen LogP contribution in [0.25, 0.3) is 26.2 Å². The molecule has 3 aromatic carbocycles. The Labute approximate surface area is 324 Å². The van der Waals surface area contributed by atoms with Crippen molar-refractivity contribution >= 4 is 98.9 Å². The van der Waals surface area contributed by atoms with E-state index in [-0.39, 0.29) is 24.9 Å². The van der Waals surface area contributed by atoms with E-state index in [2.05, 4.69) is 5.32 Å². The Morgan fingerprint density at radius 1 is 0.868 bits per heavy atom. The molecule has 2 heterocycles. The highest BCUT2D eigenvalue weighted by Gasteiger charge is 2.43. The van der Waals surface area contributed by atoms with Crippen LogP contribution in [0.15, 0.2) is 71.6 Å². The van der Waals surface area contributed by atoms with Crippen LogP contribution in [0.3, 0.4) is 0 Å². The molecule has 0 radical (unpaired) electrons. The molecule has 5 rings (SSSR count). The number of hydrogen-bond acceptors (Lipinski definition) is 11. The lowest BCUT2D eigenvalue weighted by molar-refractivity contribution is -0.387. The molecule has 1 N–H and O–H groups in total. The summed E-state index contributed by atoms with van der Waals surface area (Å²) >= 11 is 15.1. The van der Waals surface area contributed by atoms with Crippen molar-refractivity contribution in [2.75, 3.05) is 26.4 Å². The van der Waals surface area contributed by atoms with E-state index in [4.69, 9.17) is 41.3 Å². The van der Waals surface area contributed by atoms with Crippen LogP contribution in [-0.2, 0) is 38.2 Å². The van der Waals surface area contributed by atoms with Gasteiger partial charge in [0.2, 0.25) is 11.7 Å². The summed E-state index contributed by atoms with van der Waals surface area (Å²) in [7, 11) is -7.01. The van der Waals surface area contributed by atoms with Gasteiger partial charge in [0.25, 0.3) is 0 Å². The van der Waals surface area contributed by atoms with E-state index in [1.54, 1.807) is 48.8 Å². The Balaban J connectivity index is 0.000000278. The zero-order chi connectivity index (χ0) is 38.8. The number of nitrogens with one attached hydrogen (secondary N) is 1. The molecule has 1 atom stereocenters. The van der Waals surface area contributed by atoms with Crippen molar-refractivity contribution in [3.05, 3.63) is 114 Å². The number of hydrogen-bond donors (Lipinski definition) is 1. The summed E-state index contributed by atoms with van der Waals surface area (Å²) in [6.07, 6.45) is 2.88. The van der Waals surface area contributed by atoms with E-state index in [1.807, 2.05) is 37.4 Å². The van der Waals surface area contributed by atoms with Crippen LogP contribution in [0.2, 0.25) is 10.0 Å². The highest BCUT2D eigenvalue weighted by Crippen LogP contribution is 2.62. The van der Waals surface area contributed by atoms with Crippen molar-refractivity contribution in [2.24, 2.45) is 0 Å². The fourth-order valence-electron chi connectivity index (χ4n) is 5.22. The number of thiophene rings is 2. The van der Waals surface area contributed by atoms with Gasteiger partial charge in [-0.2, -0.15) is 4.39 Å². The normalized spacial score (nSPS) is 12.6. The molecule has 0 saturated heterocycles. The molecule has 0 spiro atoms. The molecule has 0 bridgehead atoms. The molecule has 0 aliphatic heterocycles. The minimum atomic E-state index is -3.95. The second-order valence-electron chi connectivity index (χ2n) is 10.9. The zero-order valence-electron chi connectivity index (χ0n) is 29.1. The maximum atomic E-state index is 13.9. The number of fused-ring (bicyclic) bond motifs is 2. The summed E-state index contributed by atoms with van der Waals surface area (Å²) in [6, 6.07) is 14.3. The average molecular weight is 846 g/mol. The smallest absolute Gasteiger partial charge is 0.332 e. The summed E-state index contributed by atoms with van der Waals surface area (Å²) < 4.78 is 63.7. The standard InChI is InChI=1S/C22H21ClFN2O6PS.C13H16ClO3PS/c1-3-31-33(30,32-4-2)21(17-13-34-20-8-6-15(23)12-16(17)20)22(27)25-10-9-14-5-7-19(26(28)29)18(24)11-14;1-3-16-18(15,17-4-2)8-10-9-19-13-6-5-11(14)7-12(10)13/h5-13,21H,3-4H2,1-2H3,(H,25,27);5-7,9H,3-4,8H2,1-2H3/b10-9+;. The molecule has 0 saturated carbocycles. The largest absolute Gasteiger partial charge is 0.347 e. The molecule has 11 nitrogen and oxygen atoms in total. The van der Waals surface area contributed by atoms with Crippen LogP contribution in [-0.4, -0.2) is 37.3 Å². The zero-order valence-corrected chi connectivity index (χ0v) is 34.0. The molecular weight excluding hydrogens is 808 g/mol. The number of halogens is 3. The van der Waals surface area contributed by atoms with Crippen LogP contribution >= 0.6 is 61.1 Å². The molecule has 0 fully saturated rings.